The highest BCUT2D eigenvalue weighted by Gasteiger charge is 2.64. The van der Waals surface area contributed by atoms with Crippen molar-refractivity contribution in [2.24, 2.45) is 17.3 Å². The second-order valence-corrected chi connectivity index (χ2v) is 5.35. The van der Waals surface area contributed by atoms with Crippen LogP contribution >= 0.6 is 0 Å². The molecular weight excluding hydrogens is 236 g/mol. The van der Waals surface area contributed by atoms with Gasteiger partial charge in [-0.2, -0.15) is 0 Å². The molecule has 18 heavy (non-hydrogen) atoms. The molecule has 2 bridgehead atoms. The van der Waals surface area contributed by atoms with Crippen LogP contribution in [0, 0.1) is 29.2 Å². The molecule has 0 aromatic rings. The van der Waals surface area contributed by atoms with E-state index < -0.39 is 11.8 Å². The molecule has 3 rings (SSSR count). The Morgan fingerprint density at radius 2 is 2.33 bits per heavy atom. The van der Waals surface area contributed by atoms with E-state index in [1.807, 2.05) is 0 Å². The summed E-state index contributed by atoms with van der Waals surface area (Å²) in [6, 6.07) is 0. The Labute approximate surface area is 104 Å². The molecule has 1 N–H and O–H groups in total. The highest BCUT2D eigenvalue weighted by atomic mass is 16.6. The largest absolute Gasteiger partial charge is 0.502 e. The molecule has 0 radical (unpaired) electrons. The lowest BCUT2D eigenvalue weighted by Gasteiger charge is -2.27. The number of nitrogens with zero attached hydrogens (tertiary/aromatic N) is 1. The van der Waals surface area contributed by atoms with Crippen LogP contribution in [0.5, 0.6) is 0 Å². The molecular formula is C12H13N2O4+. The Morgan fingerprint density at radius 3 is 3.06 bits per heavy atom. The van der Waals surface area contributed by atoms with Crippen molar-refractivity contribution in [1.82, 2.24) is 0 Å². The van der Waals surface area contributed by atoms with Crippen LogP contribution in [0.4, 0.5) is 0 Å². The Hall–Kier alpha value is -1.90. The third kappa shape index (κ3) is 1.37. The zero-order valence-electron chi connectivity index (χ0n) is 9.72. The van der Waals surface area contributed by atoms with Crippen LogP contribution in [0.3, 0.4) is 0 Å². The first-order valence-corrected chi connectivity index (χ1v) is 5.93. The van der Waals surface area contributed by atoms with Gasteiger partial charge in [-0.15, -0.1) is 4.85 Å². The maximum atomic E-state index is 11.5. The number of cyclic esters (lactones) is 1. The minimum Gasteiger partial charge on any atom is -0.465 e. The molecule has 1 saturated heterocycles. The molecule has 6 heteroatoms. The molecule has 4 unspecified atom stereocenters. The summed E-state index contributed by atoms with van der Waals surface area (Å²) >= 11 is 0. The van der Waals surface area contributed by atoms with E-state index in [0.717, 1.165) is 6.42 Å². The first kappa shape index (κ1) is 11.2. The van der Waals surface area contributed by atoms with E-state index >= 15 is 0 Å². The number of hydrogen-bond donors (Lipinski definition) is 1. The van der Waals surface area contributed by atoms with Crippen molar-refractivity contribution in [2.45, 2.75) is 25.4 Å². The third-order valence-corrected chi connectivity index (χ3v) is 4.45. The Morgan fingerprint density at radius 1 is 1.56 bits per heavy atom. The Balaban J connectivity index is 1.70. The monoisotopic (exact) mass is 249 g/mol. The number of esters is 2. The number of ether oxygens (including phenoxy) is 2. The van der Waals surface area contributed by atoms with Gasteiger partial charge in [-0.1, -0.05) is 5.41 Å². The fourth-order valence-corrected chi connectivity index (χ4v) is 3.64. The molecule has 4 atom stereocenters. The summed E-state index contributed by atoms with van der Waals surface area (Å²) in [5.74, 6) is -1.33. The number of hydrogen-bond acceptors (Lipinski definition) is 5. The molecule has 94 valence electrons. The van der Waals surface area contributed by atoms with Crippen LogP contribution in [-0.4, -0.2) is 30.5 Å². The van der Waals surface area contributed by atoms with Crippen molar-refractivity contribution in [1.29, 1.82) is 5.41 Å². The average molecular weight is 249 g/mol. The van der Waals surface area contributed by atoms with Crippen LogP contribution < -0.4 is 0 Å². The molecule has 0 aromatic heterocycles. The normalized spacial score (nSPS) is 39.9. The van der Waals surface area contributed by atoms with Gasteiger partial charge in [-0.3, -0.25) is 4.79 Å². The SMILES string of the molecule is C#[N+]C(=N)C(=O)OC1CC23COC(=O)C2CC1C3. The van der Waals surface area contributed by atoms with Gasteiger partial charge in [0.1, 0.15) is 12.7 Å². The summed E-state index contributed by atoms with van der Waals surface area (Å²) in [7, 11) is 0. The smallest absolute Gasteiger partial charge is 0.465 e. The Kier molecular flexibility index (Phi) is 2.21. The molecule has 0 amide bonds. The summed E-state index contributed by atoms with van der Waals surface area (Å²) in [5, 5.41) is 7.17. The minimum absolute atomic E-state index is 0.0314. The van der Waals surface area contributed by atoms with Gasteiger partial charge >= 0.3 is 17.8 Å². The van der Waals surface area contributed by atoms with Crippen LogP contribution in [0.1, 0.15) is 19.3 Å². The number of carbonyl (C=O) groups excluding carboxylic acids is 2. The van der Waals surface area contributed by atoms with Gasteiger partial charge in [0.2, 0.25) is 0 Å². The van der Waals surface area contributed by atoms with E-state index in [2.05, 4.69) is 4.85 Å². The predicted molar refractivity (Wildman–Crippen MR) is 60.1 cm³/mol. The fourth-order valence-electron chi connectivity index (χ4n) is 3.64. The van der Waals surface area contributed by atoms with E-state index in [0.29, 0.717) is 19.4 Å². The van der Waals surface area contributed by atoms with Gasteiger partial charge in [0.25, 0.3) is 0 Å². The van der Waals surface area contributed by atoms with Crippen molar-refractivity contribution in [3.05, 3.63) is 4.85 Å². The van der Waals surface area contributed by atoms with Crippen molar-refractivity contribution in [2.75, 3.05) is 6.61 Å². The van der Waals surface area contributed by atoms with Gasteiger partial charge in [0.05, 0.1) is 12.5 Å². The quantitative estimate of drug-likeness (QED) is 0.423. The summed E-state index contributed by atoms with van der Waals surface area (Å²) in [4.78, 5) is 26.0. The molecule has 1 spiro atoms. The maximum Gasteiger partial charge on any atom is 0.502 e. The second kappa shape index (κ2) is 3.55. The second-order valence-electron chi connectivity index (χ2n) is 5.35. The fraction of sp³-hybridized carbons (Fsp3) is 0.667. The van der Waals surface area contributed by atoms with Crippen LogP contribution in [0.15, 0.2) is 0 Å². The number of carbonyl (C=O) groups is 2. The molecule has 3 aliphatic rings. The van der Waals surface area contributed by atoms with E-state index in [4.69, 9.17) is 21.5 Å². The molecule has 3 fully saturated rings. The van der Waals surface area contributed by atoms with Crippen molar-refractivity contribution < 1.29 is 19.1 Å². The van der Waals surface area contributed by atoms with Crippen molar-refractivity contribution >= 4 is 17.8 Å². The summed E-state index contributed by atoms with van der Waals surface area (Å²) < 4.78 is 10.3. The van der Waals surface area contributed by atoms with Gasteiger partial charge in [-0.25, -0.2) is 4.79 Å². The minimum atomic E-state index is -0.798. The number of nitrogens with one attached hydrogen (secondary N) is 1. The predicted octanol–water partition coefficient (Wildman–Crippen LogP) is 0.811. The maximum absolute atomic E-state index is 11.5. The first-order valence-electron chi connectivity index (χ1n) is 5.93. The van der Waals surface area contributed by atoms with Crippen molar-refractivity contribution in [3.8, 4) is 6.57 Å². The average Bonchev–Trinajstić information content (AvgIpc) is 2.98. The Bertz CT molecular complexity index is 495. The zero-order valence-corrected chi connectivity index (χ0v) is 9.72. The number of fused-ring (bicyclic) bond motifs is 1. The topological polar surface area (TPSA) is 80.8 Å². The first-order chi connectivity index (χ1) is 8.55. The lowest BCUT2D eigenvalue weighted by atomic mass is 9.77. The zero-order chi connectivity index (χ0) is 12.9. The lowest BCUT2D eigenvalue weighted by Crippen LogP contribution is -2.34. The summed E-state index contributed by atoms with van der Waals surface area (Å²) in [6.45, 7) is 5.29. The number of amidine groups is 1. The van der Waals surface area contributed by atoms with Gasteiger partial charge < -0.3 is 9.47 Å². The molecule has 0 aromatic carbocycles. The highest BCUT2D eigenvalue weighted by molar-refractivity contribution is 6.38. The molecule has 2 aliphatic carbocycles. The van der Waals surface area contributed by atoms with E-state index in [1.165, 1.54) is 0 Å². The van der Waals surface area contributed by atoms with E-state index in [-0.39, 0.29) is 29.3 Å². The van der Waals surface area contributed by atoms with Gasteiger partial charge in [-0.05, 0) is 25.2 Å². The highest BCUT2D eigenvalue weighted by Crippen LogP contribution is 2.61. The van der Waals surface area contributed by atoms with Crippen LogP contribution in [-0.2, 0) is 19.1 Å². The third-order valence-electron chi connectivity index (χ3n) is 4.45. The van der Waals surface area contributed by atoms with Crippen LogP contribution in [0.25, 0.3) is 4.85 Å². The molecule has 2 saturated carbocycles. The standard InChI is InChI=1S/C12H13N2O4/c1-14-9(13)11(16)18-8-4-12-3-6(8)2-7(12)10(15)17-5-12/h1,6-8,13H,2-5H2/q+1. The van der Waals surface area contributed by atoms with E-state index in [1.54, 1.807) is 0 Å². The molecule has 1 aliphatic heterocycles. The van der Waals surface area contributed by atoms with Crippen molar-refractivity contribution in [3.63, 3.8) is 0 Å². The van der Waals surface area contributed by atoms with Gasteiger partial charge in [0, 0.05) is 5.41 Å². The summed E-state index contributed by atoms with van der Waals surface area (Å²) in [5.41, 5.74) is -0.144. The molecule has 6 nitrogen and oxygen atoms in total. The van der Waals surface area contributed by atoms with Crippen LogP contribution in [0.2, 0.25) is 0 Å². The van der Waals surface area contributed by atoms with E-state index in [9.17, 15) is 9.59 Å². The summed E-state index contributed by atoms with van der Waals surface area (Å²) in [6.07, 6.45) is 1.96. The molecule has 1 heterocycles. The lowest BCUT2D eigenvalue weighted by molar-refractivity contribution is -0.145. The van der Waals surface area contributed by atoms with Gasteiger partial charge in [0.15, 0.2) is 0 Å². The number of rotatable bonds is 1.